The Hall–Kier alpha value is -2.86. The summed E-state index contributed by atoms with van der Waals surface area (Å²) in [5.74, 6) is -1.19. The van der Waals surface area contributed by atoms with Gasteiger partial charge in [-0.3, -0.25) is 0 Å². The van der Waals surface area contributed by atoms with Crippen molar-refractivity contribution in [2.75, 3.05) is 13.2 Å². The van der Waals surface area contributed by atoms with Crippen molar-refractivity contribution >= 4 is 11.9 Å². The molecule has 0 heterocycles. The molecule has 6 heteroatoms. The maximum atomic E-state index is 12.1. The molecular formula is C19H21NO5. The minimum absolute atomic E-state index is 0.0520. The van der Waals surface area contributed by atoms with Crippen LogP contribution in [0.5, 0.6) is 5.75 Å². The molecule has 0 aliphatic heterocycles. The zero-order valence-electron chi connectivity index (χ0n) is 13.8. The normalized spacial score (nSPS) is 11.5. The van der Waals surface area contributed by atoms with E-state index in [1.165, 1.54) is 0 Å². The summed E-state index contributed by atoms with van der Waals surface area (Å²) in [4.78, 5) is 23.0. The van der Waals surface area contributed by atoms with Gasteiger partial charge in [-0.2, -0.15) is 0 Å². The number of hydrogen-bond donors (Lipinski definition) is 1. The fraction of sp³-hybridized carbons (Fsp3) is 0.263. The third-order valence-corrected chi connectivity index (χ3v) is 3.51. The van der Waals surface area contributed by atoms with Crippen molar-refractivity contribution in [3.63, 3.8) is 0 Å². The first-order valence-corrected chi connectivity index (χ1v) is 8.06. The summed E-state index contributed by atoms with van der Waals surface area (Å²) in [6.45, 7) is 0.733. The van der Waals surface area contributed by atoms with Gasteiger partial charge in [0, 0.05) is 11.5 Å². The van der Waals surface area contributed by atoms with E-state index in [2.05, 4.69) is 0 Å². The second-order valence-electron chi connectivity index (χ2n) is 5.44. The van der Waals surface area contributed by atoms with Crippen molar-refractivity contribution in [2.24, 2.45) is 0 Å². The maximum absolute atomic E-state index is 12.1. The van der Waals surface area contributed by atoms with Gasteiger partial charge in [-0.05, 0) is 12.1 Å². The molecule has 0 amide bonds. The van der Waals surface area contributed by atoms with Crippen LogP contribution in [0.1, 0.15) is 12.0 Å². The molecule has 0 aromatic heterocycles. The van der Waals surface area contributed by atoms with Gasteiger partial charge >= 0.3 is 5.97 Å². The Morgan fingerprint density at radius 1 is 0.960 bits per heavy atom. The molecule has 2 aromatic carbocycles. The number of quaternary nitrogens is 1. The minimum Gasteiger partial charge on any atom is -0.550 e. The average molecular weight is 343 g/mol. The lowest BCUT2D eigenvalue weighted by atomic mass is 10.1. The van der Waals surface area contributed by atoms with Gasteiger partial charge in [0.1, 0.15) is 25.5 Å². The van der Waals surface area contributed by atoms with E-state index in [9.17, 15) is 14.7 Å². The molecule has 2 aromatic rings. The van der Waals surface area contributed by atoms with Crippen LogP contribution in [-0.4, -0.2) is 31.2 Å². The van der Waals surface area contributed by atoms with Crippen LogP contribution in [0.3, 0.4) is 0 Å². The Labute approximate surface area is 146 Å². The lowest BCUT2D eigenvalue weighted by molar-refractivity contribution is -0.693. The van der Waals surface area contributed by atoms with Crippen molar-refractivity contribution in [2.45, 2.75) is 19.0 Å². The maximum Gasteiger partial charge on any atom is 0.365 e. The number of benzene rings is 2. The molecular weight excluding hydrogens is 322 g/mol. The van der Waals surface area contributed by atoms with Crippen LogP contribution in [0.15, 0.2) is 60.7 Å². The van der Waals surface area contributed by atoms with E-state index in [0.717, 1.165) is 5.56 Å². The second kappa shape index (κ2) is 10.1. The van der Waals surface area contributed by atoms with Crippen molar-refractivity contribution in [3.8, 4) is 5.75 Å². The summed E-state index contributed by atoms with van der Waals surface area (Å²) in [7, 11) is 0. The Morgan fingerprint density at radius 3 is 2.24 bits per heavy atom. The van der Waals surface area contributed by atoms with Gasteiger partial charge in [0.25, 0.3) is 0 Å². The van der Waals surface area contributed by atoms with E-state index >= 15 is 0 Å². The summed E-state index contributed by atoms with van der Waals surface area (Å²) in [6, 6.07) is 17.8. The van der Waals surface area contributed by atoms with Crippen molar-refractivity contribution in [3.05, 3.63) is 66.2 Å². The topological polar surface area (TPSA) is 92.3 Å². The number of carbonyl (C=O) groups excluding carboxylic acids is 2. The lowest BCUT2D eigenvalue weighted by Crippen LogP contribution is -2.91. The predicted molar refractivity (Wildman–Crippen MR) is 88.4 cm³/mol. The molecule has 0 saturated heterocycles. The highest BCUT2D eigenvalue weighted by atomic mass is 16.6. The molecule has 2 rings (SSSR count). The van der Waals surface area contributed by atoms with Crippen molar-refractivity contribution in [1.82, 2.24) is 0 Å². The van der Waals surface area contributed by atoms with E-state index < -0.39 is 24.4 Å². The highest BCUT2D eigenvalue weighted by molar-refractivity contribution is 5.79. The SMILES string of the molecule is O=C([O-])C[C@@H]([NH2+]Cc1ccccc1)C(=O)OCCOc1ccccc1. The zero-order chi connectivity index (χ0) is 17.9. The van der Waals surface area contributed by atoms with E-state index in [-0.39, 0.29) is 13.2 Å². The fourth-order valence-electron chi connectivity index (χ4n) is 2.26. The average Bonchev–Trinajstić information content (AvgIpc) is 2.63. The highest BCUT2D eigenvalue weighted by Gasteiger charge is 2.23. The Kier molecular flexibility index (Phi) is 7.46. The Morgan fingerprint density at radius 2 is 1.60 bits per heavy atom. The van der Waals surface area contributed by atoms with Crippen LogP contribution >= 0.6 is 0 Å². The van der Waals surface area contributed by atoms with Crippen LogP contribution in [0.4, 0.5) is 0 Å². The quantitative estimate of drug-likeness (QED) is 0.480. The molecule has 0 saturated carbocycles. The van der Waals surface area contributed by atoms with Crippen molar-refractivity contribution in [1.29, 1.82) is 0 Å². The van der Waals surface area contributed by atoms with Gasteiger partial charge in [-0.1, -0.05) is 48.5 Å². The smallest absolute Gasteiger partial charge is 0.365 e. The molecule has 0 unspecified atom stereocenters. The first-order valence-electron chi connectivity index (χ1n) is 8.06. The molecule has 0 radical (unpaired) electrons. The standard InChI is InChI=1S/C19H21NO5/c21-18(22)13-17(20-14-15-7-3-1-4-8-15)19(23)25-12-11-24-16-9-5-2-6-10-16/h1-10,17,20H,11-14H2,(H,21,22)/t17-/m1/s1. The van der Waals surface area contributed by atoms with Gasteiger partial charge in [0.2, 0.25) is 0 Å². The zero-order valence-corrected chi connectivity index (χ0v) is 13.8. The summed E-state index contributed by atoms with van der Waals surface area (Å²) in [6.07, 6.45) is -0.398. The van der Waals surface area contributed by atoms with Crippen LogP contribution in [0, 0.1) is 0 Å². The molecule has 132 valence electrons. The first-order chi connectivity index (χ1) is 12.1. The third kappa shape index (κ3) is 7.05. The third-order valence-electron chi connectivity index (χ3n) is 3.51. The number of esters is 1. The van der Waals surface area contributed by atoms with Crippen LogP contribution in [0.25, 0.3) is 0 Å². The number of nitrogens with two attached hydrogens (primary N) is 1. The second-order valence-corrected chi connectivity index (χ2v) is 5.44. The number of carboxylic acid groups (broad SMARTS) is 1. The molecule has 6 nitrogen and oxygen atoms in total. The van der Waals surface area contributed by atoms with Crippen LogP contribution in [0.2, 0.25) is 0 Å². The van der Waals surface area contributed by atoms with Gasteiger partial charge < -0.3 is 24.7 Å². The van der Waals surface area contributed by atoms with Gasteiger partial charge in [-0.25, -0.2) is 4.79 Å². The molecule has 0 fully saturated rings. The van der Waals surface area contributed by atoms with Crippen LogP contribution < -0.4 is 15.2 Å². The van der Waals surface area contributed by atoms with E-state index in [1.807, 2.05) is 48.5 Å². The van der Waals surface area contributed by atoms with Gasteiger partial charge in [0.05, 0.1) is 6.42 Å². The summed E-state index contributed by atoms with van der Waals surface area (Å²) in [5, 5.41) is 12.5. The largest absolute Gasteiger partial charge is 0.550 e. The van der Waals surface area contributed by atoms with E-state index in [4.69, 9.17) is 9.47 Å². The molecule has 0 spiro atoms. The van der Waals surface area contributed by atoms with Crippen molar-refractivity contribution < 1.29 is 29.5 Å². The first kappa shape index (κ1) is 18.5. The molecule has 0 aliphatic rings. The minimum atomic E-state index is -1.29. The number of ether oxygens (including phenoxy) is 2. The number of hydrogen-bond acceptors (Lipinski definition) is 5. The highest BCUT2D eigenvalue weighted by Crippen LogP contribution is 2.07. The summed E-state index contributed by atoms with van der Waals surface area (Å²) >= 11 is 0. The fourth-order valence-corrected chi connectivity index (χ4v) is 2.26. The number of para-hydroxylation sites is 1. The monoisotopic (exact) mass is 343 g/mol. The number of carbonyl (C=O) groups is 2. The number of carboxylic acids is 1. The molecule has 25 heavy (non-hydrogen) atoms. The lowest BCUT2D eigenvalue weighted by Gasteiger charge is -2.15. The Balaban J connectivity index is 1.77. The van der Waals surface area contributed by atoms with Crippen LogP contribution in [-0.2, 0) is 20.9 Å². The van der Waals surface area contributed by atoms with E-state index in [0.29, 0.717) is 12.3 Å². The van der Waals surface area contributed by atoms with Gasteiger partial charge in [0.15, 0.2) is 6.04 Å². The summed E-state index contributed by atoms with van der Waals surface area (Å²) < 4.78 is 10.6. The predicted octanol–water partition coefficient (Wildman–Crippen LogP) is -0.119. The Bertz CT molecular complexity index is 660. The molecule has 2 N–H and O–H groups in total. The molecule has 1 atom stereocenters. The molecule has 0 bridgehead atoms. The van der Waals surface area contributed by atoms with E-state index in [1.54, 1.807) is 17.4 Å². The number of rotatable bonds is 10. The molecule has 0 aliphatic carbocycles. The number of aliphatic carboxylic acids is 1. The van der Waals surface area contributed by atoms with Gasteiger partial charge in [-0.15, -0.1) is 0 Å². The summed E-state index contributed by atoms with van der Waals surface area (Å²) in [5.41, 5.74) is 0.992.